The Morgan fingerprint density at radius 1 is 1.24 bits per heavy atom. The molecule has 0 fully saturated rings. The van der Waals surface area contributed by atoms with Gasteiger partial charge in [0.1, 0.15) is 0 Å². The van der Waals surface area contributed by atoms with Gasteiger partial charge in [-0.15, -0.1) is 11.3 Å². The highest BCUT2D eigenvalue weighted by molar-refractivity contribution is 7.13. The third-order valence-electron chi connectivity index (χ3n) is 3.70. The molecule has 7 heteroatoms. The molecule has 0 saturated heterocycles. The van der Waals surface area contributed by atoms with Crippen molar-refractivity contribution in [3.05, 3.63) is 46.8 Å². The van der Waals surface area contributed by atoms with Crippen LogP contribution in [0.15, 0.2) is 34.2 Å². The summed E-state index contributed by atoms with van der Waals surface area (Å²) in [5.41, 5.74) is 3.06. The zero-order chi connectivity index (χ0) is 17.8. The van der Waals surface area contributed by atoms with Gasteiger partial charge in [0, 0.05) is 23.8 Å². The van der Waals surface area contributed by atoms with Crippen LogP contribution in [-0.2, 0) is 11.2 Å². The highest BCUT2D eigenvalue weighted by Crippen LogP contribution is 2.22. The number of benzene rings is 1. The first-order valence-corrected chi connectivity index (χ1v) is 9.04. The van der Waals surface area contributed by atoms with Crippen LogP contribution in [0.3, 0.4) is 0 Å². The quantitative estimate of drug-likeness (QED) is 0.716. The molecule has 0 spiro atoms. The molecule has 0 atom stereocenters. The Kier molecular flexibility index (Phi) is 5.23. The monoisotopic (exact) mass is 356 g/mol. The molecule has 1 N–H and O–H groups in total. The summed E-state index contributed by atoms with van der Waals surface area (Å²) in [5.74, 6) is 1.23. The predicted molar refractivity (Wildman–Crippen MR) is 97.6 cm³/mol. The van der Waals surface area contributed by atoms with Crippen LogP contribution in [0.1, 0.15) is 43.3 Å². The zero-order valence-corrected chi connectivity index (χ0v) is 15.3. The van der Waals surface area contributed by atoms with E-state index in [0.717, 1.165) is 11.3 Å². The van der Waals surface area contributed by atoms with E-state index < -0.39 is 0 Å². The summed E-state index contributed by atoms with van der Waals surface area (Å²) < 4.78 is 5.23. The number of amides is 1. The highest BCUT2D eigenvalue weighted by Gasteiger charge is 2.12. The van der Waals surface area contributed by atoms with Crippen molar-refractivity contribution in [3.8, 4) is 11.4 Å². The summed E-state index contributed by atoms with van der Waals surface area (Å²) in [7, 11) is 0. The van der Waals surface area contributed by atoms with Crippen LogP contribution >= 0.6 is 11.3 Å². The summed E-state index contributed by atoms with van der Waals surface area (Å²) in [4.78, 5) is 20.8. The number of carbonyl (C=O) groups is 1. The molecule has 3 aromatic rings. The Morgan fingerprint density at radius 2 is 2.00 bits per heavy atom. The molecule has 0 radical (unpaired) electrons. The Labute approximate surface area is 150 Å². The molecule has 0 saturated carbocycles. The highest BCUT2D eigenvalue weighted by atomic mass is 32.1. The molecule has 0 aliphatic heterocycles. The first kappa shape index (κ1) is 17.3. The molecule has 0 bridgehead atoms. The second-order valence-electron chi connectivity index (χ2n) is 6.16. The largest absolute Gasteiger partial charge is 0.339 e. The van der Waals surface area contributed by atoms with E-state index >= 15 is 0 Å². The maximum Gasteiger partial charge on any atom is 0.227 e. The van der Waals surface area contributed by atoms with Gasteiger partial charge in [-0.05, 0) is 12.8 Å². The van der Waals surface area contributed by atoms with Crippen LogP contribution in [0.25, 0.3) is 11.4 Å². The lowest BCUT2D eigenvalue weighted by atomic mass is 10.1. The summed E-state index contributed by atoms with van der Waals surface area (Å²) in [6.45, 7) is 6.17. The van der Waals surface area contributed by atoms with E-state index in [4.69, 9.17) is 4.52 Å². The fourth-order valence-corrected chi connectivity index (χ4v) is 3.08. The molecule has 2 aromatic heterocycles. The van der Waals surface area contributed by atoms with Crippen molar-refractivity contribution in [3.63, 3.8) is 0 Å². The van der Waals surface area contributed by atoms with Gasteiger partial charge in [-0.2, -0.15) is 4.98 Å². The molecule has 2 heterocycles. The number of aromatic nitrogens is 3. The van der Waals surface area contributed by atoms with E-state index in [1.54, 1.807) is 0 Å². The molecule has 6 nitrogen and oxygen atoms in total. The molecule has 0 aliphatic carbocycles. The van der Waals surface area contributed by atoms with Crippen LogP contribution < -0.4 is 5.32 Å². The van der Waals surface area contributed by atoms with Crippen molar-refractivity contribution in [1.29, 1.82) is 0 Å². The molecular formula is C18H20N4O2S. The van der Waals surface area contributed by atoms with Crippen molar-refractivity contribution in [2.45, 2.75) is 39.5 Å². The van der Waals surface area contributed by atoms with E-state index in [1.807, 2.05) is 36.6 Å². The Bertz CT molecular complexity index is 852. The van der Waals surface area contributed by atoms with Gasteiger partial charge < -0.3 is 9.84 Å². The van der Waals surface area contributed by atoms with Gasteiger partial charge in [-0.1, -0.05) is 48.8 Å². The second-order valence-corrected chi connectivity index (χ2v) is 7.02. The summed E-state index contributed by atoms with van der Waals surface area (Å²) in [6.07, 6.45) is 0.666. The number of anilines is 1. The lowest BCUT2D eigenvalue weighted by Gasteiger charge is -2.00. The van der Waals surface area contributed by atoms with Crippen LogP contribution in [0.2, 0.25) is 0 Å². The average molecular weight is 356 g/mol. The summed E-state index contributed by atoms with van der Waals surface area (Å²) >= 11 is 1.44. The number of nitrogens with one attached hydrogen (secondary N) is 1. The standard InChI is InChI=1S/C18H20N4O2S/c1-11(2)14-10-25-18(19-14)20-15(23)8-9-16-21-17(22-24-16)13-6-4-12(3)5-7-13/h4-7,10-11H,8-9H2,1-3H3,(H,19,20,23). The summed E-state index contributed by atoms with van der Waals surface area (Å²) in [5, 5.41) is 9.37. The second kappa shape index (κ2) is 7.57. The molecule has 0 unspecified atom stereocenters. The number of aryl methyl sites for hydroxylation is 2. The number of thiazole rings is 1. The van der Waals surface area contributed by atoms with E-state index in [1.165, 1.54) is 16.9 Å². The molecule has 25 heavy (non-hydrogen) atoms. The number of nitrogens with zero attached hydrogens (tertiary/aromatic N) is 3. The minimum atomic E-state index is -0.111. The third-order valence-corrected chi connectivity index (χ3v) is 4.48. The maximum atomic E-state index is 12.0. The number of carbonyl (C=O) groups excluding carboxylic acids is 1. The van der Waals surface area contributed by atoms with Gasteiger partial charge in [-0.3, -0.25) is 4.79 Å². The molecule has 130 valence electrons. The molecular weight excluding hydrogens is 336 g/mol. The van der Waals surface area contributed by atoms with Crippen LogP contribution in [0, 0.1) is 6.92 Å². The molecule has 3 rings (SSSR count). The van der Waals surface area contributed by atoms with Gasteiger partial charge in [0.05, 0.1) is 5.69 Å². The lowest BCUT2D eigenvalue weighted by Crippen LogP contribution is -2.12. The van der Waals surface area contributed by atoms with E-state index in [9.17, 15) is 4.79 Å². The minimum Gasteiger partial charge on any atom is -0.339 e. The van der Waals surface area contributed by atoms with Crippen molar-refractivity contribution >= 4 is 22.4 Å². The van der Waals surface area contributed by atoms with E-state index in [2.05, 4.69) is 34.3 Å². The minimum absolute atomic E-state index is 0.111. The Balaban J connectivity index is 1.54. The Morgan fingerprint density at radius 3 is 2.68 bits per heavy atom. The fraction of sp³-hybridized carbons (Fsp3) is 0.333. The van der Waals surface area contributed by atoms with Crippen LogP contribution in [-0.4, -0.2) is 21.0 Å². The number of hydrogen-bond acceptors (Lipinski definition) is 6. The van der Waals surface area contributed by atoms with Gasteiger partial charge in [-0.25, -0.2) is 4.98 Å². The van der Waals surface area contributed by atoms with Crippen molar-refractivity contribution in [2.24, 2.45) is 0 Å². The first-order chi connectivity index (χ1) is 12.0. The van der Waals surface area contributed by atoms with Gasteiger partial charge in [0.2, 0.25) is 17.6 Å². The van der Waals surface area contributed by atoms with Gasteiger partial charge >= 0.3 is 0 Å². The maximum absolute atomic E-state index is 12.0. The Hall–Kier alpha value is -2.54. The van der Waals surface area contributed by atoms with Gasteiger partial charge in [0.15, 0.2) is 5.13 Å². The van der Waals surface area contributed by atoms with Gasteiger partial charge in [0.25, 0.3) is 0 Å². The van der Waals surface area contributed by atoms with E-state index in [0.29, 0.717) is 29.2 Å². The van der Waals surface area contributed by atoms with Crippen molar-refractivity contribution in [1.82, 2.24) is 15.1 Å². The molecule has 1 aromatic carbocycles. The zero-order valence-electron chi connectivity index (χ0n) is 14.4. The summed E-state index contributed by atoms with van der Waals surface area (Å²) in [6, 6.07) is 7.90. The van der Waals surface area contributed by atoms with Crippen LogP contribution in [0.4, 0.5) is 5.13 Å². The predicted octanol–water partition coefficient (Wildman–Crippen LogP) is 4.20. The van der Waals surface area contributed by atoms with E-state index in [-0.39, 0.29) is 12.3 Å². The number of hydrogen-bond donors (Lipinski definition) is 1. The smallest absolute Gasteiger partial charge is 0.227 e. The van der Waals surface area contributed by atoms with Crippen molar-refractivity contribution in [2.75, 3.05) is 5.32 Å². The SMILES string of the molecule is Cc1ccc(-c2noc(CCC(=O)Nc3nc(C(C)C)cs3)n2)cc1. The normalized spacial score (nSPS) is 11.0. The first-order valence-electron chi connectivity index (χ1n) is 8.16. The number of rotatable bonds is 6. The van der Waals surface area contributed by atoms with Crippen molar-refractivity contribution < 1.29 is 9.32 Å². The van der Waals surface area contributed by atoms with Crippen LogP contribution in [0.5, 0.6) is 0 Å². The molecule has 1 amide bonds. The lowest BCUT2D eigenvalue weighted by molar-refractivity contribution is -0.116. The molecule has 0 aliphatic rings. The topological polar surface area (TPSA) is 80.9 Å². The fourth-order valence-electron chi connectivity index (χ4n) is 2.19. The third kappa shape index (κ3) is 4.51. The average Bonchev–Trinajstić information content (AvgIpc) is 3.23.